The fraction of sp³-hybridized carbons (Fsp3) is 0.490. The molecule has 350 valence electrons. The second-order valence-electron chi connectivity index (χ2n) is 19.1. The monoisotopic (exact) mass is 900 g/mol. The van der Waals surface area contributed by atoms with Gasteiger partial charge < -0.3 is 45.2 Å². The largest absolute Gasteiger partial charge is 0.453 e. The third-order valence-electron chi connectivity index (χ3n) is 13.7. The molecule has 5 N–H and O–H groups in total. The first-order valence-corrected chi connectivity index (χ1v) is 23.6. The minimum atomic E-state index is -0.682. The number of hydrogen-bond donors (Lipinski definition) is 5. The van der Waals surface area contributed by atoms with Crippen LogP contribution in [0.2, 0.25) is 0 Å². The Hall–Kier alpha value is -6.22. The predicted molar refractivity (Wildman–Crippen MR) is 254 cm³/mol. The second-order valence-corrected chi connectivity index (χ2v) is 19.1. The summed E-state index contributed by atoms with van der Waals surface area (Å²) in [6.45, 7) is 11.8. The van der Waals surface area contributed by atoms with Crippen LogP contribution >= 0.6 is 0 Å². The van der Waals surface area contributed by atoms with E-state index in [1.54, 1.807) is 0 Å². The summed E-state index contributed by atoms with van der Waals surface area (Å²) in [5.41, 5.74) is 9.31. The highest BCUT2D eigenvalue weighted by molar-refractivity contribution is 5.92. The average molecular weight is 900 g/mol. The van der Waals surface area contributed by atoms with E-state index in [0.717, 1.165) is 84.6 Å². The summed E-state index contributed by atoms with van der Waals surface area (Å²) in [7, 11) is 4.14. The van der Waals surface area contributed by atoms with Crippen molar-refractivity contribution in [2.75, 3.05) is 34.4 Å². The van der Waals surface area contributed by atoms with E-state index in [0.29, 0.717) is 24.8 Å². The summed E-state index contributed by atoms with van der Waals surface area (Å²) >= 11 is 0. The smallest absolute Gasteiger partial charge is 0.407 e. The van der Waals surface area contributed by atoms with Crippen LogP contribution < -0.4 is 16.0 Å². The maximum Gasteiger partial charge on any atom is 0.407 e. The van der Waals surface area contributed by atoms with E-state index in [1.807, 2.05) is 36.0 Å². The molecule has 0 saturated carbocycles. The standard InChI is InChI=1S/C48H58N8O4.C3H7NO2/c1-26(2)19-41(57)55-17-7-9-39(55)45-49-24-37(52-45)32-14-12-29-22-31(13-11-30(29)23-32)33-15-16-34(43-36-21-28(5)20-35(51-36)42(33)43)38-25-50-46(53-38)40-10-8-18-56(40)47(58)44(27(3)4)54-48(59)60-6;1-4-3(5)6-2/h11-16,22-28,35-36,39-40,44,51H,7-10,17-21H2,1-6H3,(H,49,52)(H,50,53)(H,54,59);1-2H3,(H,4,5)/t28?,35?,36?,39?,40-,44?;/m0./s1. The molecule has 6 heterocycles. The number of methoxy groups -OCH3 is 2. The van der Waals surface area contributed by atoms with Gasteiger partial charge in [0, 0.05) is 49.8 Å². The molecular formula is C51H65N9O6. The summed E-state index contributed by atoms with van der Waals surface area (Å²) in [6, 6.07) is 17.5. The van der Waals surface area contributed by atoms with Crippen LogP contribution in [0, 0.1) is 17.8 Å². The number of likely N-dealkylation sites (tertiary alicyclic amines) is 2. The number of alkyl carbamates (subject to hydrolysis) is 2. The quantitative estimate of drug-likeness (QED) is 0.0912. The lowest BCUT2D eigenvalue weighted by Gasteiger charge is -2.30. The number of fused-ring (bicyclic) bond motifs is 6. The molecule has 6 atom stereocenters. The van der Waals surface area contributed by atoms with Crippen molar-refractivity contribution in [2.45, 2.75) is 110 Å². The molecule has 0 spiro atoms. The number of aromatic amines is 2. The Bertz CT molecular complexity index is 2580. The molecule has 0 radical (unpaired) electrons. The molecule has 15 heteroatoms. The highest BCUT2D eigenvalue weighted by atomic mass is 16.5. The summed E-state index contributed by atoms with van der Waals surface area (Å²) in [6.07, 6.45) is 9.13. The van der Waals surface area contributed by atoms with Crippen LogP contribution in [-0.2, 0) is 19.1 Å². The number of aromatic nitrogens is 4. The number of nitrogens with one attached hydrogen (secondary N) is 5. The minimum absolute atomic E-state index is 0.00238. The van der Waals surface area contributed by atoms with E-state index in [2.05, 4.69) is 100.0 Å². The van der Waals surface area contributed by atoms with Gasteiger partial charge in [0.2, 0.25) is 11.8 Å². The van der Waals surface area contributed by atoms with Gasteiger partial charge in [-0.15, -0.1) is 0 Å². The van der Waals surface area contributed by atoms with E-state index in [9.17, 15) is 19.2 Å². The number of rotatable bonds is 10. The first-order chi connectivity index (χ1) is 31.8. The fourth-order valence-corrected chi connectivity index (χ4v) is 10.5. The van der Waals surface area contributed by atoms with Crippen molar-refractivity contribution in [1.82, 2.24) is 45.7 Å². The molecule has 9 rings (SSSR count). The number of ether oxygens (including phenoxy) is 2. The summed E-state index contributed by atoms with van der Waals surface area (Å²) in [5, 5.41) is 11.3. The molecule has 5 aromatic rings. The number of carbonyl (C=O) groups is 4. The van der Waals surface area contributed by atoms with Gasteiger partial charge in [-0.3, -0.25) is 9.59 Å². The normalized spacial score (nSPS) is 21.4. The lowest BCUT2D eigenvalue weighted by molar-refractivity contribution is -0.135. The summed E-state index contributed by atoms with van der Waals surface area (Å²) < 4.78 is 8.98. The molecule has 3 saturated heterocycles. The fourth-order valence-electron chi connectivity index (χ4n) is 10.5. The van der Waals surface area contributed by atoms with Gasteiger partial charge in [0.05, 0.1) is 50.1 Å². The minimum Gasteiger partial charge on any atom is -0.453 e. The van der Waals surface area contributed by atoms with E-state index in [-0.39, 0.29) is 41.9 Å². The predicted octanol–water partition coefficient (Wildman–Crippen LogP) is 9.13. The molecule has 3 fully saturated rings. The molecule has 2 bridgehead atoms. The van der Waals surface area contributed by atoms with Gasteiger partial charge in [0.15, 0.2) is 0 Å². The Kier molecular flexibility index (Phi) is 13.8. The van der Waals surface area contributed by atoms with Crippen molar-refractivity contribution in [3.63, 3.8) is 0 Å². The van der Waals surface area contributed by atoms with E-state index < -0.39 is 18.2 Å². The molecule has 3 aromatic carbocycles. The van der Waals surface area contributed by atoms with Crippen molar-refractivity contribution in [2.24, 2.45) is 17.8 Å². The van der Waals surface area contributed by atoms with Gasteiger partial charge in [-0.25, -0.2) is 19.6 Å². The first-order valence-electron chi connectivity index (χ1n) is 23.6. The van der Waals surface area contributed by atoms with Crippen LogP contribution in [-0.4, -0.2) is 94.1 Å². The number of nitrogens with zero attached hydrogens (tertiary/aromatic N) is 4. The van der Waals surface area contributed by atoms with Crippen molar-refractivity contribution in [1.29, 1.82) is 0 Å². The highest BCUT2D eigenvalue weighted by Gasteiger charge is 2.41. The van der Waals surface area contributed by atoms with Gasteiger partial charge in [0.1, 0.15) is 17.7 Å². The molecule has 15 nitrogen and oxygen atoms in total. The number of carbonyl (C=O) groups excluding carboxylic acids is 4. The maximum atomic E-state index is 13.8. The zero-order valence-electron chi connectivity index (χ0n) is 39.5. The SMILES string of the molecule is CNC(=O)OC.COC(=O)NC(C(=O)N1CCC[C@H]1c1ncc(-c2ccc(-c3ccc4cc(-c5cnc(C6CCCN6C(=O)CC(C)C)[nH]5)ccc4c3)c3c2C2CC(C)CC3N2)[nH]1)C(C)C. The number of H-pyrrole nitrogens is 2. The van der Waals surface area contributed by atoms with Crippen molar-refractivity contribution in [3.05, 3.63) is 83.7 Å². The van der Waals surface area contributed by atoms with Crippen LogP contribution in [0.1, 0.15) is 127 Å². The third-order valence-corrected chi connectivity index (χ3v) is 13.7. The summed E-state index contributed by atoms with van der Waals surface area (Å²) in [4.78, 5) is 69.6. The number of piperidine rings is 1. The molecular weight excluding hydrogens is 835 g/mol. The lowest BCUT2D eigenvalue weighted by atomic mass is 9.87. The molecule has 66 heavy (non-hydrogen) atoms. The van der Waals surface area contributed by atoms with Gasteiger partial charge in [-0.1, -0.05) is 71.0 Å². The number of imidazole rings is 2. The Morgan fingerprint density at radius 2 is 1.30 bits per heavy atom. The number of amides is 4. The first kappa shape index (κ1) is 46.3. The molecule has 2 aromatic heterocycles. The summed E-state index contributed by atoms with van der Waals surface area (Å²) in [5.74, 6) is 2.56. The number of benzene rings is 3. The van der Waals surface area contributed by atoms with Crippen LogP contribution in [0.4, 0.5) is 9.59 Å². The zero-order valence-corrected chi connectivity index (χ0v) is 39.5. The van der Waals surface area contributed by atoms with E-state index in [4.69, 9.17) is 14.7 Å². The van der Waals surface area contributed by atoms with Crippen LogP contribution in [0.25, 0.3) is 44.4 Å². The van der Waals surface area contributed by atoms with Gasteiger partial charge in [-0.2, -0.15) is 0 Å². The molecule has 5 unspecified atom stereocenters. The Morgan fingerprint density at radius 1 is 0.742 bits per heavy atom. The lowest BCUT2D eigenvalue weighted by Crippen LogP contribution is -2.51. The van der Waals surface area contributed by atoms with Crippen LogP contribution in [0.5, 0.6) is 0 Å². The second kappa shape index (κ2) is 19.7. The van der Waals surface area contributed by atoms with Gasteiger partial charge >= 0.3 is 12.2 Å². The zero-order chi connectivity index (χ0) is 46.8. The molecule has 0 aliphatic carbocycles. The van der Waals surface area contributed by atoms with Gasteiger partial charge in [-0.05, 0) is 101 Å². The molecule has 4 aliphatic rings. The van der Waals surface area contributed by atoms with Crippen molar-refractivity contribution < 1.29 is 28.7 Å². The highest BCUT2D eigenvalue weighted by Crippen LogP contribution is 2.52. The van der Waals surface area contributed by atoms with E-state index >= 15 is 0 Å². The number of hydrogen-bond acceptors (Lipinski definition) is 9. The van der Waals surface area contributed by atoms with Crippen LogP contribution in [0.15, 0.2) is 60.9 Å². The molecule has 4 aliphatic heterocycles. The van der Waals surface area contributed by atoms with Crippen LogP contribution in [0.3, 0.4) is 0 Å². The van der Waals surface area contributed by atoms with Crippen molar-refractivity contribution >= 4 is 34.8 Å². The third kappa shape index (κ3) is 9.40. The van der Waals surface area contributed by atoms with Crippen molar-refractivity contribution in [3.8, 4) is 33.6 Å². The maximum absolute atomic E-state index is 13.8. The molecule has 4 amide bonds. The average Bonchev–Trinajstić information content (AvgIpc) is 4.18. The Morgan fingerprint density at radius 3 is 1.91 bits per heavy atom. The van der Waals surface area contributed by atoms with E-state index in [1.165, 1.54) is 48.9 Å². The van der Waals surface area contributed by atoms with Gasteiger partial charge in [0.25, 0.3) is 0 Å². The Balaban J connectivity index is 0.000000926. The Labute approximate surface area is 387 Å². The topological polar surface area (TPSA) is 187 Å².